The van der Waals surface area contributed by atoms with Crippen LogP contribution in [0.4, 0.5) is 0 Å². The lowest BCUT2D eigenvalue weighted by Gasteiger charge is -2.01. The molecule has 0 radical (unpaired) electrons. The third-order valence-corrected chi connectivity index (χ3v) is 3.44. The van der Waals surface area contributed by atoms with Crippen molar-refractivity contribution in [1.82, 2.24) is 10.3 Å². The van der Waals surface area contributed by atoms with Crippen LogP contribution < -0.4 is 5.32 Å². The summed E-state index contributed by atoms with van der Waals surface area (Å²) in [5, 5.41) is 2.98. The van der Waals surface area contributed by atoms with E-state index in [9.17, 15) is 4.79 Å². The third kappa shape index (κ3) is 3.07. The highest BCUT2D eigenvalue weighted by Crippen LogP contribution is 2.22. The van der Waals surface area contributed by atoms with E-state index in [2.05, 4.69) is 10.3 Å². The van der Waals surface area contributed by atoms with E-state index < -0.39 is 0 Å². The van der Waals surface area contributed by atoms with E-state index in [1.165, 1.54) is 0 Å². The van der Waals surface area contributed by atoms with Crippen LogP contribution in [0.25, 0.3) is 11.5 Å². The van der Waals surface area contributed by atoms with Crippen molar-refractivity contribution < 1.29 is 9.21 Å². The molecule has 20 heavy (non-hydrogen) atoms. The number of hydrogen-bond donors (Lipinski definition) is 1. The molecule has 1 aliphatic carbocycles. The fraction of sp³-hybridized carbons (Fsp3) is 0.375. The number of benzene rings is 1. The first-order valence-corrected chi connectivity index (χ1v) is 7.03. The molecule has 1 aliphatic rings. The minimum Gasteiger partial charge on any atom is -0.441 e. The molecule has 1 fully saturated rings. The lowest BCUT2D eigenvalue weighted by Crippen LogP contribution is -2.25. The van der Waals surface area contributed by atoms with Crippen molar-refractivity contribution in [2.24, 2.45) is 0 Å². The number of amides is 1. The Morgan fingerprint density at radius 1 is 1.35 bits per heavy atom. The van der Waals surface area contributed by atoms with E-state index in [0.29, 0.717) is 24.8 Å². The molecule has 0 saturated heterocycles. The van der Waals surface area contributed by atoms with Crippen LogP contribution >= 0.6 is 0 Å². The van der Waals surface area contributed by atoms with Crippen LogP contribution in [0.3, 0.4) is 0 Å². The summed E-state index contributed by atoms with van der Waals surface area (Å²) in [5.41, 5.74) is 1.83. The summed E-state index contributed by atoms with van der Waals surface area (Å²) in [6, 6.07) is 10.2. The smallest absolute Gasteiger partial charge is 0.226 e. The topological polar surface area (TPSA) is 55.1 Å². The van der Waals surface area contributed by atoms with Crippen molar-refractivity contribution >= 4 is 5.91 Å². The standard InChI is InChI=1S/C16H18N2O2/c1-11-14(9-10-15(19)17-13-7-8-13)18-16(20-11)12-5-3-2-4-6-12/h2-6,13H,7-10H2,1H3,(H,17,19). The minimum absolute atomic E-state index is 0.108. The fourth-order valence-corrected chi connectivity index (χ4v) is 2.12. The average molecular weight is 270 g/mol. The second-order valence-corrected chi connectivity index (χ2v) is 5.23. The van der Waals surface area contributed by atoms with Crippen molar-refractivity contribution in [1.29, 1.82) is 0 Å². The Labute approximate surface area is 118 Å². The van der Waals surface area contributed by atoms with Crippen LogP contribution in [0, 0.1) is 6.92 Å². The van der Waals surface area contributed by atoms with Gasteiger partial charge in [-0.1, -0.05) is 18.2 Å². The lowest BCUT2D eigenvalue weighted by atomic mass is 10.2. The predicted molar refractivity (Wildman–Crippen MR) is 76.2 cm³/mol. The Morgan fingerprint density at radius 2 is 2.10 bits per heavy atom. The number of hydrogen-bond acceptors (Lipinski definition) is 3. The number of nitrogens with one attached hydrogen (secondary N) is 1. The number of carbonyl (C=O) groups excluding carboxylic acids is 1. The summed E-state index contributed by atoms with van der Waals surface area (Å²) >= 11 is 0. The number of oxazole rings is 1. The van der Waals surface area contributed by atoms with Crippen molar-refractivity contribution in [3.63, 3.8) is 0 Å². The fourth-order valence-electron chi connectivity index (χ4n) is 2.12. The summed E-state index contributed by atoms with van der Waals surface area (Å²) < 4.78 is 5.68. The summed E-state index contributed by atoms with van der Waals surface area (Å²) in [5.74, 6) is 1.53. The summed E-state index contributed by atoms with van der Waals surface area (Å²) in [6.07, 6.45) is 3.33. The highest BCUT2D eigenvalue weighted by atomic mass is 16.4. The molecule has 0 bridgehead atoms. The number of rotatable bonds is 5. The maximum atomic E-state index is 11.7. The Kier molecular flexibility index (Phi) is 3.54. The van der Waals surface area contributed by atoms with E-state index in [1.54, 1.807) is 0 Å². The van der Waals surface area contributed by atoms with Gasteiger partial charge in [0, 0.05) is 24.4 Å². The van der Waals surface area contributed by atoms with E-state index in [-0.39, 0.29) is 5.91 Å². The van der Waals surface area contributed by atoms with Crippen LogP contribution in [-0.4, -0.2) is 16.9 Å². The molecule has 2 aromatic rings. The summed E-state index contributed by atoms with van der Waals surface area (Å²) in [7, 11) is 0. The van der Waals surface area contributed by atoms with E-state index in [0.717, 1.165) is 29.9 Å². The zero-order valence-corrected chi connectivity index (χ0v) is 11.6. The van der Waals surface area contributed by atoms with Gasteiger partial charge in [-0.15, -0.1) is 0 Å². The Morgan fingerprint density at radius 3 is 2.80 bits per heavy atom. The largest absolute Gasteiger partial charge is 0.441 e. The van der Waals surface area contributed by atoms with Gasteiger partial charge in [0.1, 0.15) is 5.76 Å². The molecule has 0 atom stereocenters. The lowest BCUT2D eigenvalue weighted by molar-refractivity contribution is -0.121. The quantitative estimate of drug-likeness (QED) is 0.909. The molecule has 0 aliphatic heterocycles. The maximum absolute atomic E-state index is 11.7. The van der Waals surface area contributed by atoms with Gasteiger partial charge >= 0.3 is 0 Å². The van der Waals surface area contributed by atoms with Gasteiger partial charge in [-0.2, -0.15) is 0 Å². The van der Waals surface area contributed by atoms with Crippen molar-refractivity contribution in [3.05, 3.63) is 41.8 Å². The third-order valence-electron chi connectivity index (χ3n) is 3.44. The Balaban J connectivity index is 1.64. The number of nitrogens with zero attached hydrogens (tertiary/aromatic N) is 1. The van der Waals surface area contributed by atoms with Crippen LogP contribution in [-0.2, 0) is 11.2 Å². The number of aromatic nitrogens is 1. The molecule has 1 aromatic heterocycles. The van der Waals surface area contributed by atoms with Crippen LogP contribution in [0.2, 0.25) is 0 Å². The highest BCUT2D eigenvalue weighted by molar-refractivity contribution is 5.76. The van der Waals surface area contributed by atoms with Crippen molar-refractivity contribution in [3.8, 4) is 11.5 Å². The van der Waals surface area contributed by atoms with Crippen molar-refractivity contribution in [2.75, 3.05) is 0 Å². The molecule has 1 N–H and O–H groups in total. The first-order chi connectivity index (χ1) is 9.72. The Bertz CT molecular complexity index is 600. The second kappa shape index (κ2) is 5.49. The molecule has 1 saturated carbocycles. The minimum atomic E-state index is 0.108. The second-order valence-electron chi connectivity index (χ2n) is 5.23. The molecule has 104 valence electrons. The van der Waals surface area contributed by atoms with Gasteiger partial charge in [0.05, 0.1) is 5.69 Å². The van der Waals surface area contributed by atoms with Gasteiger partial charge in [0.25, 0.3) is 0 Å². The van der Waals surface area contributed by atoms with Gasteiger partial charge < -0.3 is 9.73 Å². The van der Waals surface area contributed by atoms with Gasteiger partial charge in [-0.25, -0.2) is 4.98 Å². The SMILES string of the molecule is Cc1oc(-c2ccccc2)nc1CCC(=O)NC1CC1. The molecule has 0 spiro atoms. The van der Waals surface area contributed by atoms with Crippen LogP contribution in [0.5, 0.6) is 0 Å². The van der Waals surface area contributed by atoms with Gasteiger partial charge in [0.15, 0.2) is 0 Å². The van der Waals surface area contributed by atoms with Crippen LogP contribution in [0.1, 0.15) is 30.7 Å². The average Bonchev–Trinajstić information content (AvgIpc) is 3.19. The normalized spacial score (nSPS) is 14.2. The molecule has 1 aromatic carbocycles. The molecule has 1 heterocycles. The van der Waals surface area contributed by atoms with E-state index in [4.69, 9.17) is 4.42 Å². The molecule has 1 amide bonds. The maximum Gasteiger partial charge on any atom is 0.226 e. The summed E-state index contributed by atoms with van der Waals surface area (Å²) in [6.45, 7) is 1.90. The zero-order valence-electron chi connectivity index (χ0n) is 11.6. The number of carbonyl (C=O) groups is 1. The molecule has 0 unspecified atom stereocenters. The number of aryl methyl sites for hydroxylation is 2. The van der Waals surface area contributed by atoms with Gasteiger partial charge in [-0.3, -0.25) is 4.79 Å². The first-order valence-electron chi connectivity index (χ1n) is 7.03. The molecule has 4 heteroatoms. The van der Waals surface area contributed by atoms with E-state index >= 15 is 0 Å². The zero-order chi connectivity index (χ0) is 13.9. The summed E-state index contributed by atoms with van der Waals surface area (Å²) in [4.78, 5) is 16.2. The Hall–Kier alpha value is -2.10. The molecular formula is C16H18N2O2. The molecule has 4 nitrogen and oxygen atoms in total. The van der Waals surface area contributed by atoms with Crippen LogP contribution in [0.15, 0.2) is 34.7 Å². The highest BCUT2D eigenvalue weighted by Gasteiger charge is 2.23. The molecule has 3 rings (SSSR count). The monoisotopic (exact) mass is 270 g/mol. The van der Waals surface area contributed by atoms with E-state index in [1.807, 2.05) is 37.3 Å². The van der Waals surface area contributed by atoms with Gasteiger partial charge in [-0.05, 0) is 31.9 Å². The predicted octanol–water partition coefficient (Wildman–Crippen LogP) is 2.86. The van der Waals surface area contributed by atoms with Crippen molar-refractivity contribution in [2.45, 2.75) is 38.6 Å². The first kappa shape index (κ1) is 12.9. The van der Waals surface area contributed by atoms with Gasteiger partial charge in [0.2, 0.25) is 11.8 Å². The molecular weight excluding hydrogens is 252 g/mol.